The molecule has 0 spiro atoms. The van der Waals surface area contributed by atoms with Crippen molar-refractivity contribution < 1.29 is 28.2 Å². The van der Waals surface area contributed by atoms with Crippen LogP contribution in [-0.4, -0.2) is 59.2 Å². The van der Waals surface area contributed by atoms with Gasteiger partial charge in [-0.1, -0.05) is 41.4 Å². The highest BCUT2D eigenvalue weighted by Gasteiger charge is 2.35. The van der Waals surface area contributed by atoms with Crippen molar-refractivity contribution in [2.75, 3.05) is 32.4 Å². The van der Waals surface area contributed by atoms with Crippen LogP contribution >= 0.6 is 23.2 Å². The molecule has 0 aliphatic carbocycles. The topological polar surface area (TPSA) is 94.9 Å². The van der Waals surface area contributed by atoms with Crippen molar-refractivity contribution in [3.63, 3.8) is 0 Å². The van der Waals surface area contributed by atoms with Crippen molar-refractivity contribution in [2.45, 2.75) is 19.0 Å². The second-order valence-electron chi connectivity index (χ2n) is 10.8. The summed E-state index contributed by atoms with van der Waals surface area (Å²) in [5, 5.41) is 7.88. The standard InChI is InChI=1S/C31H27Cl2FN4O5/c1-31(14-42-15-31)36-26-10-21(25(34)9-22(26)30(40)41-3)20-6-4-5-17-13-38(16-43-28(17)20)29(39)27-23(32)7-18(8-24(27)33)19-11-35-37(2)12-19/h4-12,36H,13-16H2,1-3H3. The van der Waals surface area contributed by atoms with Crippen LogP contribution in [-0.2, 0) is 23.1 Å². The van der Waals surface area contributed by atoms with Crippen molar-refractivity contribution in [1.29, 1.82) is 0 Å². The van der Waals surface area contributed by atoms with Crippen LogP contribution < -0.4 is 10.1 Å². The number of benzene rings is 3. The van der Waals surface area contributed by atoms with Gasteiger partial charge in [0, 0.05) is 35.5 Å². The summed E-state index contributed by atoms with van der Waals surface area (Å²) in [6, 6.07) is 11.4. The number of nitrogens with one attached hydrogen (secondary N) is 1. The summed E-state index contributed by atoms with van der Waals surface area (Å²) in [6.07, 6.45) is 3.51. The molecule has 0 saturated carbocycles. The molecule has 0 radical (unpaired) electrons. The number of carbonyl (C=O) groups is 2. The van der Waals surface area contributed by atoms with Gasteiger partial charge in [0.05, 0.1) is 65.5 Å². The minimum absolute atomic E-state index is 0.0719. The molecule has 0 atom stereocenters. The van der Waals surface area contributed by atoms with E-state index in [1.165, 1.54) is 12.0 Å². The lowest BCUT2D eigenvalue weighted by molar-refractivity contribution is -0.0318. The molecule has 12 heteroatoms. The van der Waals surface area contributed by atoms with Crippen molar-refractivity contribution in [3.05, 3.63) is 87.4 Å². The Balaban J connectivity index is 1.31. The quantitative estimate of drug-likeness (QED) is 0.256. The van der Waals surface area contributed by atoms with Crippen LogP contribution in [0.4, 0.5) is 10.1 Å². The number of nitrogens with zero attached hydrogens (tertiary/aromatic N) is 3. The molecular formula is C31H27Cl2FN4O5. The second-order valence-corrected chi connectivity index (χ2v) is 11.7. The summed E-state index contributed by atoms with van der Waals surface area (Å²) in [7, 11) is 3.05. The zero-order chi connectivity index (χ0) is 30.5. The van der Waals surface area contributed by atoms with E-state index in [-0.39, 0.29) is 40.0 Å². The van der Waals surface area contributed by atoms with Gasteiger partial charge in [-0.3, -0.25) is 9.48 Å². The fourth-order valence-corrected chi connectivity index (χ4v) is 5.90. The van der Waals surface area contributed by atoms with Gasteiger partial charge in [0.1, 0.15) is 11.6 Å². The number of amides is 1. The number of hydrogen-bond donors (Lipinski definition) is 1. The maximum absolute atomic E-state index is 15.6. The molecule has 9 nitrogen and oxygen atoms in total. The average molecular weight is 625 g/mol. The zero-order valence-corrected chi connectivity index (χ0v) is 25.1. The SMILES string of the molecule is COC(=O)c1cc(F)c(-c2cccc3c2OCN(C(=O)c2c(Cl)cc(-c4cnn(C)c4)cc2Cl)C3)cc1NC1(C)COC1. The number of aromatic nitrogens is 2. The molecule has 0 bridgehead atoms. The molecular weight excluding hydrogens is 598 g/mol. The van der Waals surface area contributed by atoms with Crippen LogP contribution in [0.15, 0.2) is 54.9 Å². The maximum atomic E-state index is 15.6. The van der Waals surface area contributed by atoms with Crippen LogP contribution in [0.3, 0.4) is 0 Å². The van der Waals surface area contributed by atoms with Crippen LogP contribution in [0.5, 0.6) is 5.75 Å². The third-order valence-corrected chi connectivity index (χ3v) is 8.08. The highest BCUT2D eigenvalue weighted by molar-refractivity contribution is 6.40. The Kier molecular flexibility index (Phi) is 7.53. The van der Waals surface area contributed by atoms with Gasteiger partial charge in [-0.25, -0.2) is 9.18 Å². The lowest BCUT2D eigenvalue weighted by Crippen LogP contribution is -2.53. The molecule has 3 aromatic carbocycles. The Morgan fingerprint density at radius 3 is 2.47 bits per heavy atom. The second kappa shape index (κ2) is 11.2. The number of carbonyl (C=O) groups excluding carboxylic acids is 2. The number of esters is 1. The van der Waals surface area contributed by atoms with E-state index in [0.29, 0.717) is 35.8 Å². The fourth-order valence-electron chi connectivity index (χ4n) is 5.26. The summed E-state index contributed by atoms with van der Waals surface area (Å²) in [5.74, 6) is -1.25. The summed E-state index contributed by atoms with van der Waals surface area (Å²) in [5.41, 5.74) is 3.16. The Bertz CT molecular complexity index is 1750. The summed E-state index contributed by atoms with van der Waals surface area (Å²) >= 11 is 13.1. The Morgan fingerprint density at radius 1 is 1.09 bits per heavy atom. The normalized spacial score (nSPS) is 15.3. The third kappa shape index (κ3) is 5.42. The predicted octanol–water partition coefficient (Wildman–Crippen LogP) is 6.18. The van der Waals surface area contributed by atoms with Crippen LogP contribution in [0, 0.1) is 5.82 Å². The van der Waals surface area contributed by atoms with Gasteiger partial charge < -0.3 is 24.4 Å². The minimum atomic E-state index is -0.664. The zero-order valence-electron chi connectivity index (χ0n) is 23.5. The lowest BCUT2D eigenvalue weighted by atomic mass is 9.95. The van der Waals surface area contributed by atoms with Gasteiger partial charge in [0.2, 0.25) is 0 Å². The highest BCUT2D eigenvalue weighted by atomic mass is 35.5. The monoisotopic (exact) mass is 624 g/mol. The smallest absolute Gasteiger partial charge is 0.340 e. The molecule has 1 amide bonds. The average Bonchev–Trinajstić information content (AvgIpc) is 3.41. The lowest BCUT2D eigenvalue weighted by Gasteiger charge is -2.40. The number of methoxy groups -OCH3 is 1. The molecule has 222 valence electrons. The third-order valence-electron chi connectivity index (χ3n) is 7.48. The molecule has 1 aromatic heterocycles. The Hall–Kier alpha value is -4.12. The first kappa shape index (κ1) is 29.0. The van der Waals surface area contributed by atoms with Gasteiger partial charge in [-0.2, -0.15) is 5.10 Å². The van der Waals surface area contributed by atoms with Crippen molar-refractivity contribution >= 4 is 40.8 Å². The van der Waals surface area contributed by atoms with E-state index in [0.717, 1.165) is 17.2 Å². The number of hydrogen-bond acceptors (Lipinski definition) is 7. The summed E-state index contributed by atoms with van der Waals surface area (Å²) in [6.45, 7) is 2.90. The molecule has 43 heavy (non-hydrogen) atoms. The van der Waals surface area contributed by atoms with Crippen LogP contribution in [0.2, 0.25) is 10.0 Å². The Labute approximate surface area is 257 Å². The van der Waals surface area contributed by atoms with Crippen LogP contribution in [0.25, 0.3) is 22.3 Å². The molecule has 1 saturated heterocycles. The predicted molar refractivity (Wildman–Crippen MR) is 160 cm³/mol. The Morgan fingerprint density at radius 2 is 1.84 bits per heavy atom. The van der Waals surface area contributed by atoms with E-state index in [1.54, 1.807) is 54.3 Å². The van der Waals surface area contributed by atoms with E-state index >= 15 is 4.39 Å². The van der Waals surface area contributed by atoms with Gasteiger partial charge in [0.25, 0.3) is 5.91 Å². The van der Waals surface area contributed by atoms with Gasteiger partial charge in [0.15, 0.2) is 6.73 Å². The number of anilines is 1. The number of para-hydroxylation sites is 1. The molecule has 2 aliphatic rings. The van der Waals surface area contributed by atoms with Crippen molar-refractivity contribution in [3.8, 4) is 28.0 Å². The summed E-state index contributed by atoms with van der Waals surface area (Å²) in [4.78, 5) is 27.5. The van der Waals surface area contributed by atoms with E-state index < -0.39 is 23.2 Å². The first-order chi connectivity index (χ1) is 20.6. The molecule has 0 unspecified atom stereocenters. The van der Waals surface area contributed by atoms with E-state index in [2.05, 4.69) is 10.4 Å². The number of rotatable bonds is 6. The number of ether oxygens (including phenoxy) is 3. The van der Waals surface area contributed by atoms with Crippen molar-refractivity contribution in [1.82, 2.24) is 14.7 Å². The molecule has 4 aromatic rings. The molecule has 1 fully saturated rings. The number of aryl methyl sites for hydroxylation is 1. The van der Waals surface area contributed by atoms with Gasteiger partial charge in [-0.15, -0.1) is 0 Å². The number of fused-ring (bicyclic) bond motifs is 1. The summed E-state index contributed by atoms with van der Waals surface area (Å²) < 4.78 is 33.5. The first-order valence-electron chi connectivity index (χ1n) is 13.4. The maximum Gasteiger partial charge on any atom is 0.340 e. The van der Waals surface area contributed by atoms with Crippen LogP contribution in [0.1, 0.15) is 33.2 Å². The van der Waals surface area contributed by atoms with Crippen molar-refractivity contribution in [2.24, 2.45) is 7.05 Å². The molecule has 1 N–H and O–H groups in total. The van der Waals surface area contributed by atoms with E-state index in [1.807, 2.05) is 13.1 Å². The highest BCUT2D eigenvalue weighted by Crippen LogP contribution is 2.41. The first-order valence-corrected chi connectivity index (χ1v) is 14.1. The van der Waals surface area contributed by atoms with E-state index in [9.17, 15) is 9.59 Å². The fraction of sp³-hybridized carbons (Fsp3) is 0.258. The minimum Gasteiger partial charge on any atom is -0.472 e. The van der Waals surface area contributed by atoms with E-state index in [4.69, 9.17) is 37.4 Å². The number of halogens is 3. The van der Waals surface area contributed by atoms with Gasteiger partial charge >= 0.3 is 5.97 Å². The molecule has 3 heterocycles. The van der Waals surface area contributed by atoms with Gasteiger partial charge in [-0.05, 0) is 36.8 Å². The molecule has 2 aliphatic heterocycles. The molecule has 6 rings (SSSR count). The largest absolute Gasteiger partial charge is 0.472 e.